The van der Waals surface area contributed by atoms with Crippen LogP contribution < -0.4 is 10.6 Å². The lowest BCUT2D eigenvalue weighted by Gasteiger charge is -2.12. The van der Waals surface area contributed by atoms with Crippen LogP contribution in [0.2, 0.25) is 0 Å². The van der Waals surface area contributed by atoms with Gasteiger partial charge in [-0.25, -0.2) is 8.42 Å². The van der Waals surface area contributed by atoms with Gasteiger partial charge in [0.2, 0.25) is 0 Å². The van der Waals surface area contributed by atoms with E-state index in [-0.39, 0.29) is 17.6 Å². The minimum absolute atomic E-state index is 0.118. The monoisotopic (exact) mass is 402 g/mol. The quantitative estimate of drug-likeness (QED) is 0.744. The first-order valence-electron chi connectivity index (χ1n) is 9.02. The van der Waals surface area contributed by atoms with Crippen molar-refractivity contribution >= 4 is 27.3 Å². The number of rotatable bonds is 7. The van der Waals surface area contributed by atoms with Gasteiger partial charge in [-0.3, -0.25) is 9.59 Å². The van der Waals surface area contributed by atoms with Gasteiger partial charge in [-0.2, -0.15) is 0 Å². The molecule has 7 heteroatoms. The molecule has 0 aliphatic heterocycles. The first-order valence-corrected chi connectivity index (χ1v) is 11.1. The van der Waals surface area contributed by atoms with E-state index in [9.17, 15) is 18.0 Å². The molecule has 2 N–H and O–H groups in total. The summed E-state index contributed by atoms with van der Waals surface area (Å²) < 4.78 is 22.9. The van der Waals surface area contributed by atoms with E-state index < -0.39 is 9.84 Å². The third-order valence-electron chi connectivity index (χ3n) is 4.03. The Labute approximate surface area is 166 Å². The maximum absolute atomic E-state index is 12.5. The van der Waals surface area contributed by atoms with Crippen LogP contribution in [0.4, 0.5) is 5.69 Å². The van der Waals surface area contributed by atoms with Gasteiger partial charge in [0.1, 0.15) is 0 Å². The second-order valence-corrected chi connectivity index (χ2v) is 9.50. The van der Waals surface area contributed by atoms with E-state index in [1.54, 1.807) is 42.5 Å². The molecular weight excluding hydrogens is 376 g/mol. The van der Waals surface area contributed by atoms with Gasteiger partial charge in [0.25, 0.3) is 11.8 Å². The molecule has 0 saturated carbocycles. The van der Waals surface area contributed by atoms with Crippen molar-refractivity contribution in [2.24, 2.45) is 5.92 Å². The number of sulfone groups is 1. The zero-order chi connectivity index (χ0) is 20.9. The van der Waals surface area contributed by atoms with E-state index in [0.29, 0.717) is 34.8 Å². The minimum Gasteiger partial charge on any atom is -0.352 e. The van der Waals surface area contributed by atoms with Gasteiger partial charge < -0.3 is 10.6 Å². The Morgan fingerprint density at radius 1 is 1.00 bits per heavy atom. The summed E-state index contributed by atoms with van der Waals surface area (Å²) in [4.78, 5) is 24.7. The van der Waals surface area contributed by atoms with Gasteiger partial charge in [0.15, 0.2) is 9.84 Å². The fourth-order valence-electron chi connectivity index (χ4n) is 2.64. The van der Waals surface area contributed by atoms with E-state index >= 15 is 0 Å². The molecule has 2 rings (SSSR count). The second-order valence-electron chi connectivity index (χ2n) is 7.36. The zero-order valence-corrected chi connectivity index (χ0v) is 17.4. The van der Waals surface area contributed by atoms with Gasteiger partial charge in [0, 0.05) is 29.6 Å². The molecule has 0 aromatic heterocycles. The van der Waals surface area contributed by atoms with E-state index in [4.69, 9.17) is 0 Å². The number of amides is 2. The average Bonchev–Trinajstić information content (AvgIpc) is 2.60. The van der Waals surface area contributed by atoms with Crippen LogP contribution in [0, 0.1) is 12.8 Å². The number of carbonyl (C=O) groups excluding carboxylic acids is 2. The minimum atomic E-state index is -3.18. The molecule has 150 valence electrons. The van der Waals surface area contributed by atoms with Crippen LogP contribution in [0.25, 0.3) is 0 Å². The Kier molecular flexibility index (Phi) is 6.96. The molecule has 2 aromatic rings. The fraction of sp³-hybridized carbons (Fsp3) is 0.333. The average molecular weight is 403 g/mol. The summed E-state index contributed by atoms with van der Waals surface area (Å²) in [6.07, 6.45) is 1.15. The number of hydrogen-bond donors (Lipinski definition) is 2. The standard InChI is InChI=1S/C21H26N2O4S/c1-14(2)12-22-20(24)18-8-9-19(15(3)10-18)23-21(25)17-7-5-6-16(11-17)13-28(4,26)27/h5-11,14H,12-13H2,1-4H3,(H,22,24)(H,23,25). The van der Waals surface area contributed by atoms with Crippen molar-refractivity contribution in [3.05, 3.63) is 64.7 Å². The van der Waals surface area contributed by atoms with E-state index in [0.717, 1.165) is 11.8 Å². The van der Waals surface area contributed by atoms with Gasteiger partial charge in [-0.05, 0) is 54.3 Å². The van der Waals surface area contributed by atoms with Gasteiger partial charge in [-0.15, -0.1) is 0 Å². The number of benzene rings is 2. The summed E-state index contributed by atoms with van der Waals surface area (Å²) in [6, 6.07) is 11.6. The summed E-state index contributed by atoms with van der Waals surface area (Å²) in [5.41, 5.74) is 2.83. The largest absolute Gasteiger partial charge is 0.352 e. The molecule has 0 aliphatic carbocycles. The number of carbonyl (C=O) groups is 2. The number of hydrogen-bond acceptors (Lipinski definition) is 4. The van der Waals surface area contributed by atoms with Crippen LogP contribution in [-0.4, -0.2) is 33.0 Å². The molecule has 0 heterocycles. The van der Waals surface area contributed by atoms with Crippen molar-refractivity contribution in [1.29, 1.82) is 0 Å². The van der Waals surface area contributed by atoms with Crippen LogP contribution in [0.5, 0.6) is 0 Å². The van der Waals surface area contributed by atoms with Gasteiger partial charge in [-0.1, -0.05) is 26.0 Å². The fourth-order valence-corrected chi connectivity index (χ4v) is 3.43. The maximum atomic E-state index is 12.5. The van der Waals surface area contributed by atoms with Crippen molar-refractivity contribution in [1.82, 2.24) is 5.32 Å². The van der Waals surface area contributed by atoms with Crippen molar-refractivity contribution < 1.29 is 18.0 Å². The predicted octanol–water partition coefficient (Wildman–Crippen LogP) is 3.18. The van der Waals surface area contributed by atoms with Crippen LogP contribution in [0.3, 0.4) is 0 Å². The summed E-state index contributed by atoms with van der Waals surface area (Å²) in [5, 5.41) is 5.67. The normalized spacial score (nSPS) is 11.3. The second kappa shape index (κ2) is 9.01. The number of anilines is 1. The summed E-state index contributed by atoms with van der Waals surface area (Å²) in [6.45, 7) is 6.46. The molecule has 0 saturated heterocycles. The third kappa shape index (κ3) is 6.49. The SMILES string of the molecule is Cc1cc(C(=O)NCC(C)C)ccc1NC(=O)c1cccc(CS(C)(=O)=O)c1. The van der Waals surface area contributed by atoms with Crippen LogP contribution in [0.1, 0.15) is 45.7 Å². The highest BCUT2D eigenvalue weighted by Crippen LogP contribution is 2.18. The molecule has 0 fully saturated rings. The number of nitrogens with one attached hydrogen (secondary N) is 2. The first-order chi connectivity index (χ1) is 13.0. The van der Waals surface area contributed by atoms with Gasteiger partial charge in [0.05, 0.1) is 5.75 Å². The molecule has 0 bridgehead atoms. The summed E-state index contributed by atoms with van der Waals surface area (Å²) in [7, 11) is -3.18. The lowest BCUT2D eigenvalue weighted by atomic mass is 10.1. The molecular formula is C21H26N2O4S. The molecule has 0 radical (unpaired) electrons. The highest BCUT2D eigenvalue weighted by Gasteiger charge is 2.12. The third-order valence-corrected chi connectivity index (χ3v) is 4.88. The first kappa shape index (κ1) is 21.6. The molecule has 6 nitrogen and oxygen atoms in total. The Morgan fingerprint density at radius 3 is 2.29 bits per heavy atom. The van der Waals surface area contributed by atoms with Crippen molar-refractivity contribution in [3.63, 3.8) is 0 Å². The molecule has 0 atom stereocenters. The Hall–Kier alpha value is -2.67. The molecule has 28 heavy (non-hydrogen) atoms. The smallest absolute Gasteiger partial charge is 0.255 e. The van der Waals surface area contributed by atoms with Crippen LogP contribution in [0.15, 0.2) is 42.5 Å². The number of aryl methyl sites for hydroxylation is 1. The molecule has 2 aromatic carbocycles. The van der Waals surface area contributed by atoms with E-state index in [1.165, 1.54) is 0 Å². The molecule has 2 amide bonds. The van der Waals surface area contributed by atoms with Crippen molar-refractivity contribution in [3.8, 4) is 0 Å². The molecule has 0 aliphatic rings. The van der Waals surface area contributed by atoms with Crippen molar-refractivity contribution in [2.45, 2.75) is 26.5 Å². The summed E-state index contributed by atoms with van der Waals surface area (Å²) >= 11 is 0. The van der Waals surface area contributed by atoms with Crippen LogP contribution in [-0.2, 0) is 15.6 Å². The van der Waals surface area contributed by atoms with Gasteiger partial charge >= 0.3 is 0 Å². The maximum Gasteiger partial charge on any atom is 0.255 e. The summed E-state index contributed by atoms with van der Waals surface area (Å²) in [5.74, 6) is -0.242. The highest BCUT2D eigenvalue weighted by atomic mass is 32.2. The molecule has 0 unspecified atom stereocenters. The Morgan fingerprint density at radius 2 is 1.68 bits per heavy atom. The van der Waals surface area contributed by atoms with E-state index in [2.05, 4.69) is 10.6 Å². The van der Waals surface area contributed by atoms with Crippen LogP contribution >= 0.6 is 0 Å². The lowest BCUT2D eigenvalue weighted by molar-refractivity contribution is 0.0948. The predicted molar refractivity (Wildman–Crippen MR) is 111 cm³/mol. The van der Waals surface area contributed by atoms with E-state index in [1.807, 2.05) is 20.8 Å². The highest BCUT2D eigenvalue weighted by molar-refractivity contribution is 7.89. The zero-order valence-electron chi connectivity index (χ0n) is 16.6. The Balaban J connectivity index is 2.12. The topological polar surface area (TPSA) is 92.3 Å². The lowest BCUT2D eigenvalue weighted by Crippen LogP contribution is -2.27. The van der Waals surface area contributed by atoms with Crippen molar-refractivity contribution in [2.75, 3.05) is 18.1 Å². The Bertz CT molecular complexity index is 982. The molecule has 0 spiro atoms.